The predicted octanol–water partition coefficient (Wildman–Crippen LogP) is 3.15. The molecule has 1 amide bonds. The monoisotopic (exact) mass is 404 g/mol. The van der Waals surface area contributed by atoms with Crippen LogP contribution in [0.25, 0.3) is 0 Å². The first-order valence-corrected chi connectivity index (χ1v) is 8.23. The lowest BCUT2D eigenvalue weighted by atomic mass is 10.1. The third-order valence-electron chi connectivity index (χ3n) is 3.22. The van der Waals surface area contributed by atoms with E-state index in [1.807, 2.05) is 12.1 Å². The van der Waals surface area contributed by atoms with Gasteiger partial charge in [-0.05, 0) is 31.2 Å². The number of hydrogen-bond donors (Lipinski definition) is 1. The minimum Gasteiger partial charge on any atom is -0.481 e. The summed E-state index contributed by atoms with van der Waals surface area (Å²) in [5.41, 5.74) is 3.29. The minimum absolute atomic E-state index is 0.362. The van der Waals surface area contributed by atoms with Crippen LogP contribution in [0.4, 0.5) is 0 Å². The van der Waals surface area contributed by atoms with Gasteiger partial charge in [-0.2, -0.15) is 5.10 Å². The number of carbonyl (C=O) groups is 2. The Balaban J connectivity index is 1.97. The Labute approximate surface area is 154 Å². The molecule has 0 unspecified atom stereocenters. The van der Waals surface area contributed by atoms with Gasteiger partial charge in [0.25, 0.3) is 5.91 Å². The number of carbonyl (C=O) groups excluding carboxylic acids is 2. The highest BCUT2D eigenvalue weighted by Gasteiger charge is 2.14. The van der Waals surface area contributed by atoms with Crippen LogP contribution < -0.4 is 10.2 Å². The molecule has 0 fully saturated rings. The van der Waals surface area contributed by atoms with Gasteiger partial charge in [-0.3, -0.25) is 4.79 Å². The molecular formula is C18H17BrN2O4. The van der Waals surface area contributed by atoms with Crippen molar-refractivity contribution in [2.45, 2.75) is 13.0 Å². The average molecular weight is 405 g/mol. The standard InChI is InChI=1S/C18H17BrN2O4/c1-12(25-15-8-5-7-14(19)10-15)17(22)21-20-11-13-6-3-4-9-16(13)18(23)24-2/h3-12H,1-2H3,(H,21,22)/b20-11-/t12-/m0/s1. The lowest BCUT2D eigenvalue weighted by Gasteiger charge is -2.13. The molecule has 0 saturated carbocycles. The molecule has 0 aliphatic rings. The van der Waals surface area contributed by atoms with Gasteiger partial charge >= 0.3 is 5.97 Å². The molecule has 0 bridgehead atoms. The van der Waals surface area contributed by atoms with Crippen molar-refractivity contribution in [1.82, 2.24) is 5.43 Å². The molecule has 25 heavy (non-hydrogen) atoms. The lowest BCUT2D eigenvalue weighted by molar-refractivity contribution is -0.127. The number of esters is 1. The summed E-state index contributed by atoms with van der Waals surface area (Å²) in [4.78, 5) is 23.7. The van der Waals surface area contributed by atoms with Gasteiger partial charge < -0.3 is 9.47 Å². The highest BCUT2D eigenvalue weighted by atomic mass is 79.9. The van der Waals surface area contributed by atoms with Crippen LogP contribution in [0.2, 0.25) is 0 Å². The number of methoxy groups -OCH3 is 1. The van der Waals surface area contributed by atoms with Crippen molar-refractivity contribution in [2.75, 3.05) is 7.11 Å². The van der Waals surface area contributed by atoms with Crippen molar-refractivity contribution in [3.05, 3.63) is 64.1 Å². The van der Waals surface area contributed by atoms with E-state index in [4.69, 9.17) is 9.47 Å². The van der Waals surface area contributed by atoms with Gasteiger partial charge in [0, 0.05) is 10.0 Å². The molecule has 6 nitrogen and oxygen atoms in total. The summed E-state index contributed by atoms with van der Waals surface area (Å²) >= 11 is 3.34. The number of nitrogens with one attached hydrogen (secondary N) is 1. The van der Waals surface area contributed by atoms with E-state index in [1.54, 1.807) is 43.3 Å². The molecule has 2 aromatic rings. The maximum absolute atomic E-state index is 12.0. The second-order valence-corrected chi connectivity index (χ2v) is 5.95. The van der Waals surface area contributed by atoms with Crippen molar-refractivity contribution in [3.8, 4) is 5.75 Å². The van der Waals surface area contributed by atoms with E-state index in [0.717, 1.165) is 4.47 Å². The molecule has 0 aliphatic carbocycles. The van der Waals surface area contributed by atoms with Gasteiger partial charge in [0.15, 0.2) is 6.10 Å². The molecule has 0 spiro atoms. The summed E-state index contributed by atoms with van der Waals surface area (Å²) in [6.45, 7) is 1.62. The second-order valence-electron chi connectivity index (χ2n) is 5.03. The van der Waals surface area contributed by atoms with Gasteiger partial charge in [0.1, 0.15) is 5.75 Å². The van der Waals surface area contributed by atoms with Crippen LogP contribution in [0.5, 0.6) is 5.75 Å². The molecule has 0 aromatic heterocycles. The van der Waals surface area contributed by atoms with E-state index in [1.165, 1.54) is 13.3 Å². The Bertz CT molecular complexity index is 792. The van der Waals surface area contributed by atoms with Gasteiger partial charge in [0.2, 0.25) is 0 Å². The highest BCUT2D eigenvalue weighted by Crippen LogP contribution is 2.18. The summed E-state index contributed by atoms with van der Waals surface area (Å²) in [6, 6.07) is 14.0. The topological polar surface area (TPSA) is 77.0 Å². The van der Waals surface area contributed by atoms with Crippen LogP contribution in [0.3, 0.4) is 0 Å². The van der Waals surface area contributed by atoms with Gasteiger partial charge in [-0.25, -0.2) is 10.2 Å². The number of halogens is 1. The fourth-order valence-corrected chi connectivity index (χ4v) is 2.34. The quantitative estimate of drug-likeness (QED) is 0.455. The van der Waals surface area contributed by atoms with Crippen molar-refractivity contribution >= 4 is 34.0 Å². The minimum atomic E-state index is -0.734. The van der Waals surface area contributed by atoms with E-state index in [-0.39, 0.29) is 0 Å². The summed E-state index contributed by atoms with van der Waals surface area (Å²) in [5.74, 6) is -0.316. The average Bonchev–Trinajstić information content (AvgIpc) is 2.61. The molecule has 1 atom stereocenters. The van der Waals surface area contributed by atoms with E-state index in [0.29, 0.717) is 16.9 Å². The summed E-state index contributed by atoms with van der Waals surface area (Å²) in [5, 5.41) is 3.88. The normalized spacial score (nSPS) is 11.8. The molecule has 0 heterocycles. The molecule has 0 aliphatic heterocycles. The van der Waals surface area contributed by atoms with Crippen LogP contribution >= 0.6 is 15.9 Å². The van der Waals surface area contributed by atoms with Crippen molar-refractivity contribution in [1.29, 1.82) is 0 Å². The molecule has 0 saturated heterocycles. The van der Waals surface area contributed by atoms with Crippen molar-refractivity contribution in [3.63, 3.8) is 0 Å². The number of benzene rings is 2. The zero-order chi connectivity index (χ0) is 18.2. The second kappa shape index (κ2) is 8.98. The summed E-state index contributed by atoms with van der Waals surface area (Å²) < 4.78 is 11.1. The number of hydrazone groups is 1. The van der Waals surface area contributed by atoms with Crippen LogP contribution in [0.1, 0.15) is 22.8 Å². The predicted molar refractivity (Wildman–Crippen MR) is 97.8 cm³/mol. The molecular weight excluding hydrogens is 388 g/mol. The Morgan fingerprint density at radius 2 is 1.96 bits per heavy atom. The number of rotatable bonds is 6. The van der Waals surface area contributed by atoms with E-state index in [9.17, 15) is 9.59 Å². The number of nitrogens with zero attached hydrogens (tertiary/aromatic N) is 1. The molecule has 7 heteroatoms. The Morgan fingerprint density at radius 1 is 1.20 bits per heavy atom. The van der Waals surface area contributed by atoms with Crippen molar-refractivity contribution in [2.24, 2.45) is 5.10 Å². The zero-order valence-corrected chi connectivity index (χ0v) is 15.3. The SMILES string of the molecule is COC(=O)c1ccccc1/C=N\NC(=O)[C@H](C)Oc1cccc(Br)c1. The van der Waals surface area contributed by atoms with Gasteiger partial charge in [-0.1, -0.05) is 40.2 Å². The van der Waals surface area contributed by atoms with E-state index >= 15 is 0 Å². The molecule has 1 N–H and O–H groups in total. The Morgan fingerprint density at radius 3 is 2.68 bits per heavy atom. The van der Waals surface area contributed by atoms with Crippen LogP contribution in [0.15, 0.2) is 58.1 Å². The maximum atomic E-state index is 12.0. The summed E-state index contributed by atoms with van der Waals surface area (Å²) in [6.07, 6.45) is 0.651. The first-order chi connectivity index (χ1) is 12.0. The molecule has 2 aromatic carbocycles. The van der Waals surface area contributed by atoms with Gasteiger partial charge in [-0.15, -0.1) is 0 Å². The largest absolute Gasteiger partial charge is 0.481 e. The third kappa shape index (κ3) is 5.42. The number of amides is 1. The lowest BCUT2D eigenvalue weighted by Crippen LogP contribution is -2.33. The molecule has 2 rings (SSSR count). The van der Waals surface area contributed by atoms with Crippen LogP contribution in [-0.2, 0) is 9.53 Å². The highest BCUT2D eigenvalue weighted by molar-refractivity contribution is 9.10. The Kier molecular flexibility index (Phi) is 6.71. The van der Waals surface area contributed by atoms with E-state index in [2.05, 4.69) is 26.5 Å². The van der Waals surface area contributed by atoms with Crippen LogP contribution in [0, 0.1) is 0 Å². The third-order valence-corrected chi connectivity index (χ3v) is 3.72. The first kappa shape index (κ1) is 18.7. The molecule has 0 radical (unpaired) electrons. The number of ether oxygens (including phenoxy) is 2. The fourth-order valence-electron chi connectivity index (χ4n) is 1.96. The van der Waals surface area contributed by atoms with E-state index < -0.39 is 18.0 Å². The zero-order valence-electron chi connectivity index (χ0n) is 13.7. The fraction of sp³-hybridized carbons (Fsp3) is 0.167. The molecule has 130 valence electrons. The first-order valence-electron chi connectivity index (χ1n) is 7.43. The number of hydrogen-bond acceptors (Lipinski definition) is 5. The Hall–Kier alpha value is -2.67. The summed E-state index contributed by atoms with van der Waals surface area (Å²) in [7, 11) is 1.30. The van der Waals surface area contributed by atoms with Crippen molar-refractivity contribution < 1.29 is 19.1 Å². The van der Waals surface area contributed by atoms with Gasteiger partial charge in [0.05, 0.1) is 18.9 Å². The maximum Gasteiger partial charge on any atom is 0.338 e. The smallest absolute Gasteiger partial charge is 0.338 e. The van der Waals surface area contributed by atoms with Crippen LogP contribution in [-0.4, -0.2) is 31.3 Å².